The van der Waals surface area contributed by atoms with Crippen molar-refractivity contribution in [2.75, 3.05) is 5.32 Å². The van der Waals surface area contributed by atoms with Gasteiger partial charge in [0.2, 0.25) is 0 Å². The zero-order chi connectivity index (χ0) is 15.4. The summed E-state index contributed by atoms with van der Waals surface area (Å²) < 4.78 is 4.85. The van der Waals surface area contributed by atoms with Crippen LogP contribution < -0.4 is 5.32 Å². The van der Waals surface area contributed by atoms with Gasteiger partial charge in [-0.2, -0.15) is 0 Å². The molecule has 6 heteroatoms. The van der Waals surface area contributed by atoms with Gasteiger partial charge in [-0.05, 0) is 36.1 Å². The van der Waals surface area contributed by atoms with Crippen LogP contribution in [0.15, 0.2) is 40.8 Å². The van der Waals surface area contributed by atoms with E-state index in [1.165, 1.54) is 11.6 Å². The number of hydrogen-bond donors (Lipinski definition) is 1. The Hall–Kier alpha value is -2.63. The molecular formula is C15H16N2O4. The van der Waals surface area contributed by atoms with Gasteiger partial charge in [0.15, 0.2) is 5.76 Å². The van der Waals surface area contributed by atoms with E-state index >= 15 is 0 Å². The van der Waals surface area contributed by atoms with Gasteiger partial charge in [0.1, 0.15) is 4.92 Å². The van der Waals surface area contributed by atoms with Crippen molar-refractivity contribution in [3.05, 3.63) is 57.8 Å². The Kier molecular flexibility index (Phi) is 4.37. The molecule has 1 N–H and O–H groups in total. The maximum Gasteiger partial charge on any atom is 0.433 e. The Morgan fingerprint density at radius 3 is 2.48 bits per heavy atom. The highest BCUT2D eigenvalue weighted by molar-refractivity contribution is 6.02. The Morgan fingerprint density at radius 2 is 1.95 bits per heavy atom. The van der Waals surface area contributed by atoms with Gasteiger partial charge in [-0.3, -0.25) is 14.9 Å². The summed E-state index contributed by atoms with van der Waals surface area (Å²) in [4.78, 5) is 21.7. The van der Waals surface area contributed by atoms with E-state index in [0.717, 1.165) is 12.5 Å². The number of anilines is 1. The van der Waals surface area contributed by atoms with Crippen LogP contribution in [0.5, 0.6) is 0 Å². The van der Waals surface area contributed by atoms with Gasteiger partial charge < -0.3 is 9.73 Å². The summed E-state index contributed by atoms with van der Waals surface area (Å²) in [5.41, 5.74) is 1.82. The second kappa shape index (κ2) is 6.21. The van der Waals surface area contributed by atoms with Gasteiger partial charge in [0.25, 0.3) is 5.91 Å². The number of benzene rings is 1. The Morgan fingerprint density at radius 1 is 1.29 bits per heavy atom. The maximum atomic E-state index is 11.9. The topological polar surface area (TPSA) is 85.4 Å². The molecule has 2 aromatic rings. The fraction of sp³-hybridized carbons (Fsp3) is 0.267. The molecule has 110 valence electrons. The van der Waals surface area contributed by atoms with Crippen LogP contribution in [0.2, 0.25) is 0 Å². The standard InChI is InChI=1S/C15H16N2O4/c1-3-10(2)11-4-6-12(7-5-11)16-15(18)13-8-9-14(21-13)17(19)20/h4-10H,3H2,1-2H3,(H,16,18)/t10-/m1/s1. The van der Waals surface area contributed by atoms with Crippen LogP contribution in [0.4, 0.5) is 11.6 Å². The predicted octanol–water partition coefficient (Wildman–Crippen LogP) is 3.95. The quantitative estimate of drug-likeness (QED) is 0.666. The molecule has 0 fully saturated rings. The van der Waals surface area contributed by atoms with Crippen molar-refractivity contribution in [2.24, 2.45) is 0 Å². The Labute approximate surface area is 121 Å². The molecule has 0 unspecified atom stereocenters. The number of nitrogens with zero attached hydrogens (tertiary/aromatic N) is 1. The van der Waals surface area contributed by atoms with Gasteiger partial charge in [-0.1, -0.05) is 26.0 Å². The van der Waals surface area contributed by atoms with Crippen molar-refractivity contribution in [3.63, 3.8) is 0 Å². The lowest BCUT2D eigenvalue weighted by molar-refractivity contribution is -0.402. The Balaban J connectivity index is 2.06. The molecule has 0 aliphatic carbocycles. The number of nitrogens with one attached hydrogen (secondary N) is 1. The molecule has 0 saturated carbocycles. The number of rotatable bonds is 5. The van der Waals surface area contributed by atoms with Gasteiger partial charge >= 0.3 is 5.88 Å². The molecule has 1 amide bonds. The van der Waals surface area contributed by atoms with E-state index in [2.05, 4.69) is 19.2 Å². The normalized spacial score (nSPS) is 11.9. The molecule has 0 aliphatic rings. The fourth-order valence-corrected chi connectivity index (χ4v) is 1.87. The molecule has 1 aromatic carbocycles. The van der Waals surface area contributed by atoms with Crippen molar-refractivity contribution < 1.29 is 14.1 Å². The summed E-state index contributed by atoms with van der Waals surface area (Å²) in [6, 6.07) is 9.94. The van der Waals surface area contributed by atoms with E-state index in [-0.39, 0.29) is 5.76 Å². The van der Waals surface area contributed by atoms with Crippen molar-refractivity contribution >= 4 is 17.5 Å². The Bertz CT molecular complexity index is 646. The molecule has 0 bridgehead atoms. The summed E-state index contributed by atoms with van der Waals surface area (Å²) in [6.07, 6.45) is 1.04. The summed E-state index contributed by atoms with van der Waals surface area (Å²) in [6.45, 7) is 4.25. The lowest BCUT2D eigenvalue weighted by atomic mass is 9.99. The largest absolute Gasteiger partial charge is 0.433 e. The summed E-state index contributed by atoms with van der Waals surface area (Å²) in [7, 11) is 0. The molecular weight excluding hydrogens is 272 g/mol. The van der Waals surface area contributed by atoms with E-state index in [1.54, 1.807) is 12.1 Å². The minimum Gasteiger partial charge on any atom is -0.395 e. The predicted molar refractivity (Wildman–Crippen MR) is 78.5 cm³/mol. The minimum atomic E-state index is -0.683. The summed E-state index contributed by atoms with van der Waals surface area (Å²) in [5.74, 6) is -0.596. The molecule has 0 saturated heterocycles. The van der Waals surface area contributed by atoms with Crippen molar-refractivity contribution in [3.8, 4) is 0 Å². The molecule has 6 nitrogen and oxygen atoms in total. The number of carbonyl (C=O) groups excluding carboxylic acids is 1. The molecule has 1 aromatic heterocycles. The van der Waals surface area contributed by atoms with Crippen LogP contribution in [-0.4, -0.2) is 10.8 Å². The number of furan rings is 1. The second-order valence-electron chi connectivity index (χ2n) is 4.78. The number of hydrogen-bond acceptors (Lipinski definition) is 4. The molecule has 0 aliphatic heterocycles. The SMILES string of the molecule is CC[C@@H](C)c1ccc(NC(=O)c2ccc([N+](=O)[O-])o2)cc1. The highest BCUT2D eigenvalue weighted by Crippen LogP contribution is 2.21. The number of nitro groups is 1. The fourth-order valence-electron chi connectivity index (χ4n) is 1.87. The van der Waals surface area contributed by atoms with E-state index in [9.17, 15) is 14.9 Å². The molecule has 1 atom stereocenters. The van der Waals surface area contributed by atoms with E-state index < -0.39 is 16.7 Å². The average Bonchev–Trinajstić information content (AvgIpc) is 2.97. The van der Waals surface area contributed by atoms with E-state index in [0.29, 0.717) is 11.6 Å². The second-order valence-corrected chi connectivity index (χ2v) is 4.78. The van der Waals surface area contributed by atoms with Gasteiger partial charge in [0.05, 0.1) is 6.07 Å². The van der Waals surface area contributed by atoms with Crippen LogP contribution in [0.3, 0.4) is 0 Å². The third kappa shape index (κ3) is 3.47. The summed E-state index contributed by atoms with van der Waals surface area (Å²) >= 11 is 0. The zero-order valence-electron chi connectivity index (χ0n) is 11.8. The third-order valence-electron chi connectivity index (χ3n) is 3.35. The zero-order valence-corrected chi connectivity index (χ0v) is 11.8. The van der Waals surface area contributed by atoms with Crippen LogP contribution in [0.1, 0.15) is 42.3 Å². The molecule has 2 rings (SSSR count). The maximum absolute atomic E-state index is 11.9. The van der Waals surface area contributed by atoms with Crippen LogP contribution in [0.25, 0.3) is 0 Å². The monoisotopic (exact) mass is 288 g/mol. The lowest BCUT2D eigenvalue weighted by Gasteiger charge is -2.10. The van der Waals surface area contributed by atoms with Gasteiger partial charge in [0, 0.05) is 5.69 Å². The minimum absolute atomic E-state index is 0.0901. The first-order valence-electron chi connectivity index (χ1n) is 6.66. The van der Waals surface area contributed by atoms with Crippen molar-refractivity contribution in [1.29, 1.82) is 0 Å². The van der Waals surface area contributed by atoms with Gasteiger partial charge in [-0.25, -0.2) is 0 Å². The highest BCUT2D eigenvalue weighted by Gasteiger charge is 2.17. The van der Waals surface area contributed by atoms with Gasteiger partial charge in [-0.15, -0.1) is 0 Å². The van der Waals surface area contributed by atoms with Crippen LogP contribution in [-0.2, 0) is 0 Å². The highest BCUT2D eigenvalue weighted by atomic mass is 16.6. The first kappa shape index (κ1) is 14.8. The van der Waals surface area contributed by atoms with E-state index in [1.807, 2.05) is 12.1 Å². The smallest absolute Gasteiger partial charge is 0.395 e. The van der Waals surface area contributed by atoms with Crippen molar-refractivity contribution in [1.82, 2.24) is 0 Å². The molecule has 1 heterocycles. The van der Waals surface area contributed by atoms with E-state index in [4.69, 9.17) is 4.42 Å². The van der Waals surface area contributed by atoms with Crippen LogP contribution in [0, 0.1) is 10.1 Å². The summed E-state index contributed by atoms with van der Waals surface area (Å²) in [5, 5.41) is 13.1. The molecule has 0 radical (unpaired) electrons. The number of amides is 1. The first-order valence-corrected chi connectivity index (χ1v) is 6.66. The number of carbonyl (C=O) groups is 1. The first-order chi connectivity index (χ1) is 10.0. The third-order valence-corrected chi connectivity index (χ3v) is 3.35. The van der Waals surface area contributed by atoms with Crippen molar-refractivity contribution in [2.45, 2.75) is 26.2 Å². The molecule has 21 heavy (non-hydrogen) atoms. The van der Waals surface area contributed by atoms with Crippen LogP contribution >= 0.6 is 0 Å². The average molecular weight is 288 g/mol. The lowest BCUT2D eigenvalue weighted by Crippen LogP contribution is -2.10. The molecule has 0 spiro atoms.